The van der Waals surface area contributed by atoms with E-state index in [1.54, 1.807) is 0 Å². The van der Waals surface area contributed by atoms with Crippen LogP contribution in [0.4, 0.5) is 0 Å². The van der Waals surface area contributed by atoms with E-state index in [2.05, 4.69) is 67.8 Å². The minimum absolute atomic E-state index is 0.0344. The van der Waals surface area contributed by atoms with Crippen molar-refractivity contribution < 1.29 is 15.0 Å². The van der Waals surface area contributed by atoms with Crippen LogP contribution in [-0.2, 0) is 4.79 Å². The Morgan fingerprint density at radius 2 is 0.880 bits per heavy atom. The smallest absolute Gasteiger partial charge is 0.220 e. The number of aliphatic hydroxyl groups excluding tert-OH is 2. The summed E-state index contributed by atoms with van der Waals surface area (Å²) < 4.78 is 0. The van der Waals surface area contributed by atoms with Crippen LogP contribution in [0.1, 0.15) is 219 Å². The minimum atomic E-state index is -0.658. The van der Waals surface area contributed by atoms with Gasteiger partial charge in [-0.05, 0) is 51.4 Å². The number of aliphatic hydroxyl groups is 2. The molecule has 2 unspecified atom stereocenters. The third-order valence-electron chi connectivity index (χ3n) is 9.85. The molecule has 0 saturated heterocycles. The molecule has 1 amide bonds. The van der Waals surface area contributed by atoms with Crippen molar-refractivity contribution in [3.8, 4) is 0 Å². The zero-order valence-corrected chi connectivity index (χ0v) is 33.4. The maximum absolute atomic E-state index is 12.4. The summed E-state index contributed by atoms with van der Waals surface area (Å²) >= 11 is 0. The molecule has 0 fully saturated rings. The van der Waals surface area contributed by atoms with Gasteiger partial charge in [0, 0.05) is 6.42 Å². The Bertz CT molecular complexity index is 801. The van der Waals surface area contributed by atoms with E-state index in [0.717, 1.165) is 51.4 Å². The molecule has 0 heterocycles. The van der Waals surface area contributed by atoms with Crippen molar-refractivity contribution in [2.45, 2.75) is 231 Å². The Labute approximate surface area is 312 Å². The van der Waals surface area contributed by atoms with Crippen molar-refractivity contribution in [2.24, 2.45) is 0 Å². The third kappa shape index (κ3) is 37.6. The normalized spacial score (nSPS) is 13.4. The van der Waals surface area contributed by atoms with Gasteiger partial charge in [-0.3, -0.25) is 4.79 Å². The Kier molecular flexibility index (Phi) is 40.4. The molecular weight excluding hydrogens is 615 g/mol. The standard InChI is InChI=1S/C46H85NO3/c1-3-5-7-9-11-13-15-16-17-18-19-20-21-22-23-24-25-26-27-28-29-30-32-34-36-38-40-42-46(50)47-44(43-48)45(49)41-39-37-35-33-31-14-12-10-8-6-4-2/h5,7,11,13,16-17,19-20,44-45,48-49H,3-4,6,8-10,12,14-15,18,21-43H2,1-2H3,(H,47,50)/b7-5-,13-11-,17-16-,20-19-. The number of hydrogen-bond donors (Lipinski definition) is 3. The van der Waals surface area contributed by atoms with E-state index in [-0.39, 0.29) is 12.5 Å². The monoisotopic (exact) mass is 700 g/mol. The minimum Gasteiger partial charge on any atom is -0.394 e. The first-order chi connectivity index (χ1) is 24.7. The predicted octanol–water partition coefficient (Wildman–Crippen LogP) is 13.6. The lowest BCUT2D eigenvalue weighted by Gasteiger charge is -2.22. The van der Waals surface area contributed by atoms with Gasteiger partial charge in [-0.15, -0.1) is 0 Å². The average molecular weight is 700 g/mol. The van der Waals surface area contributed by atoms with Crippen LogP contribution in [0.5, 0.6) is 0 Å². The summed E-state index contributed by atoms with van der Waals surface area (Å²) in [5.74, 6) is -0.0344. The molecule has 0 aromatic rings. The highest BCUT2D eigenvalue weighted by molar-refractivity contribution is 5.76. The van der Waals surface area contributed by atoms with E-state index in [9.17, 15) is 15.0 Å². The van der Waals surface area contributed by atoms with Gasteiger partial charge >= 0.3 is 0 Å². The maximum Gasteiger partial charge on any atom is 0.220 e. The van der Waals surface area contributed by atoms with E-state index in [1.807, 2.05) is 0 Å². The van der Waals surface area contributed by atoms with Crippen LogP contribution in [-0.4, -0.2) is 34.9 Å². The zero-order chi connectivity index (χ0) is 36.4. The van der Waals surface area contributed by atoms with Crippen molar-refractivity contribution in [3.63, 3.8) is 0 Å². The summed E-state index contributed by atoms with van der Waals surface area (Å²) in [5.41, 5.74) is 0. The van der Waals surface area contributed by atoms with Gasteiger partial charge < -0.3 is 15.5 Å². The Hall–Kier alpha value is -1.65. The van der Waals surface area contributed by atoms with E-state index < -0.39 is 12.1 Å². The van der Waals surface area contributed by atoms with Crippen LogP contribution in [0.25, 0.3) is 0 Å². The summed E-state index contributed by atoms with van der Waals surface area (Å²) in [6.45, 7) is 4.23. The van der Waals surface area contributed by atoms with E-state index in [0.29, 0.717) is 12.8 Å². The highest BCUT2D eigenvalue weighted by Crippen LogP contribution is 2.15. The number of carbonyl (C=O) groups is 1. The molecule has 0 aromatic carbocycles. The summed E-state index contributed by atoms with van der Waals surface area (Å²) in [6, 6.07) is -0.535. The van der Waals surface area contributed by atoms with E-state index in [1.165, 1.54) is 141 Å². The van der Waals surface area contributed by atoms with Crippen LogP contribution >= 0.6 is 0 Å². The molecule has 0 aliphatic heterocycles. The second kappa shape index (κ2) is 41.8. The van der Waals surface area contributed by atoms with Crippen molar-refractivity contribution in [2.75, 3.05) is 6.61 Å². The Morgan fingerprint density at radius 1 is 0.500 bits per heavy atom. The van der Waals surface area contributed by atoms with Crippen LogP contribution < -0.4 is 5.32 Å². The second-order valence-corrected chi connectivity index (χ2v) is 14.7. The molecule has 4 nitrogen and oxygen atoms in total. The lowest BCUT2D eigenvalue weighted by Crippen LogP contribution is -2.45. The molecule has 0 radical (unpaired) electrons. The van der Waals surface area contributed by atoms with Gasteiger partial charge in [0.1, 0.15) is 0 Å². The highest BCUT2D eigenvalue weighted by Gasteiger charge is 2.19. The Morgan fingerprint density at radius 3 is 1.32 bits per heavy atom. The molecule has 3 N–H and O–H groups in total. The fourth-order valence-electron chi connectivity index (χ4n) is 6.53. The topological polar surface area (TPSA) is 69.6 Å². The zero-order valence-electron chi connectivity index (χ0n) is 33.4. The van der Waals surface area contributed by atoms with Gasteiger partial charge in [0.25, 0.3) is 0 Å². The number of carbonyl (C=O) groups excluding carboxylic acids is 1. The number of hydrogen-bond acceptors (Lipinski definition) is 3. The molecule has 2 atom stereocenters. The van der Waals surface area contributed by atoms with Crippen LogP contribution in [0.3, 0.4) is 0 Å². The van der Waals surface area contributed by atoms with Crippen LogP contribution in [0, 0.1) is 0 Å². The molecule has 0 aromatic heterocycles. The fraction of sp³-hybridized carbons (Fsp3) is 0.804. The molecule has 0 rings (SSSR count). The Balaban J connectivity index is 3.48. The van der Waals surface area contributed by atoms with Gasteiger partial charge in [-0.25, -0.2) is 0 Å². The lowest BCUT2D eigenvalue weighted by atomic mass is 10.0. The first-order valence-electron chi connectivity index (χ1n) is 21.8. The van der Waals surface area contributed by atoms with Crippen LogP contribution in [0.15, 0.2) is 48.6 Å². The van der Waals surface area contributed by atoms with Gasteiger partial charge in [-0.2, -0.15) is 0 Å². The molecule has 0 aliphatic rings. The number of unbranched alkanes of at least 4 members (excludes halogenated alkanes) is 24. The third-order valence-corrected chi connectivity index (χ3v) is 9.85. The molecule has 0 spiro atoms. The van der Waals surface area contributed by atoms with Crippen LogP contribution in [0.2, 0.25) is 0 Å². The second-order valence-electron chi connectivity index (χ2n) is 14.7. The van der Waals surface area contributed by atoms with Gasteiger partial charge in [0.15, 0.2) is 0 Å². The van der Waals surface area contributed by atoms with E-state index >= 15 is 0 Å². The van der Waals surface area contributed by atoms with Gasteiger partial charge in [0.2, 0.25) is 5.91 Å². The SMILES string of the molecule is CC/C=C\C/C=C\C/C=C\C/C=C\CCCCCCCCCCCCCCCCC(=O)NC(CO)C(O)CCCCCCCCCCCCC. The highest BCUT2D eigenvalue weighted by atomic mass is 16.3. The predicted molar refractivity (Wildman–Crippen MR) is 221 cm³/mol. The molecule has 292 valence electrons. The van der Waals surface area contributed by atoms with E-state index in [4.69, 9.17) is 0 Å². The number of amides is 1. The first-order valence-corrected chi connectivity index (χ1v) is 21.8. The molecule has 0 saturated carbocycles. The molecule has 0 aliphatic carbocycles. The fourth-order valence-corrected chi connectivity index (χ4v) is 6.53. The number of rotatable bonds is 39. The summed E-state index contributed by atoms with van der Waals surface area (Å²) in [5, 5.41) is 23.1. The summed E-state index contributed by atoms with van der Waals surface area (Å²) in [7, 11) is 0. The quantitative estimate of drug-likeness (QED) is 0.0442. The number of nitrogens with one attached hydrogen (secondary N) is 1. The van der Waals surface area contributed by atoms with Crippen molar-refractivity contribution in [1.82, 2.24) is 5.32 Å². The van der Waals surface area contributed by atoms with Crippen molar-refractivity contribution in [1.29, 1.82) is 0 Å². The average Bonchev–Trinajstić information content (AvgIpc) is 3.12. The molecule has 4 heteroatoms. The molecular formula is C46H85NO3. The van der Waals surface area contributed by atoms with Crippen molar-refractivity contribution >= 4 is 5.91 Å². The molecule has 50 heavy (non-hydrogen) atoms. The molecule has 0 bridgehead atoms. The first kappa shape index (κ1) is 48.3. The summed E-state index contributed by atoms with van der Waals surface area (Å²) in [4.78, 5) is 12.4. The number of allylic oxidation sites excluding steroid dienone is 8. The van der Waals surface area contributed by atoms with Gasteiger partial charge in [-0.1, -0.05) is 210 Å². The lowest BCUT2D eigenvalue weighted by molar-refractivity contribution is -0.123. The van der Waals surface area contributed by atoms with Crippen molar-refractivity contribution in [3.05, 3.63) is 48.6 Å². The summed E-state index contributed by atoms with van der Waals surface area (Å²) in [6.07, 6.45) is 56.2. The maximum atomic E-state index is 12.4. The largest absolute Gasteiger partial charge is 0.394 e. The van der Waals surface area contributed by atoms with Gasteiger partial charge in [0.05, 0.1) is 18.8 Å².